The second-order valence-corrected chi connectivity index (χ2v) is 9.54. The van der Waals surface area contributed by atoms with Gasteiger partial charge in [-0.25, -0.2) is 9.78 Å². The van der Waals surface area contributed by atoms with Crippen molar-refractivity contribution >= 4 is 52.7 Å². The van der Waals surface area contributed by atoms with Gasteiger partial charge < -0.3 is 15.3 Å². The summed E-state index contributed by atoms with van der Waals surface area (Å²) in [6, 6.07) is 0. The molecule has 0 saturated carbocycles. The van der Waals surface area contributed by atoms with Gasteiger partial charge in [0, 0.05) is 15.5 Å². The Morgan fingerprint density at radius 3 is 2.65 bits per heavy atom. The highest BCUT2D eigenvalue weighted by Crippen LogP contribution is 2.51. The summed E-state index contributed by atoms with van der Waals surface area (Å²) in [7, 11) is 0. The zero-order valence-electron chi connectivity index (χ0n) is 13.8. The third kappa shape index (κ3) is 3.36. The molecule has 140 valence electrons. The maximum Gasteiger partial charge on any atom is 0.353 e. The van der Waals surface area contributed by atoms with Crippen LogP contribution in [-0.2, 0) is 20.8 Å². The fourth-order valence-corrected chi connectivity index (χ4v) is 6.70. The van der Waals surface area contributed by atoms with Gasteiger partial charge >= 0.3 is 11.9 Å². The lowest BCUT2D eigenvalue weighted by Crippen LogP contribution is -2.60. The fourth-order valence-electron chi connectivity index (χ4n) is 2.85. The van der Waals surface area contributed by atoms with E-state index in [0.29, 0.717) is 20.7 Å². The number of hydrogen-bond donors (Lipinski definition) is 3. The standard InChI is InChI=1S/C15H16N2O6S3/c1-5(18)10-12(21)17-11(14(22)23)8(26-13(10)17)4-24-15-16-7(3-9(19)20)6(2)25-15/h5,10,13,18H,3-4H2,1-2H3,(H,19,20)(H,22,23)/t5?,10-,13+/m0/s1. The Kier molecular flexibility index (Phi) is 5.33. The van der Waals surface area contributed by atoms with Gasteiger partial charge in [-0.3, -0.25) is 14.5 Å². The number of rotatable bonds is 7. The lowest BCUT2D eigenvalue weighted by molar-refractivity contribution is -0.156. The molecule has 0 aliphatic carbocycles. The molecule has 26 heavy (non-hydrogen) atoms. The van der Waals surface area contributed by atoms with Gasteiger partial charge in [0.15, 0.2) is 4.34 Å². The Hall–Kier alpha value is -1.56. The number of β-lactam (4-membered cyclic amide) rings is 1. The summed E-state index contributed by atoms with van der Waals surface area (Å²) in [5, 5.41) is 27.7. The Balaban J connectivity index is 1.74. The third-order valence-electron chi connectivity index (χ3n) is 4.09. The lowest BCUT2D eigenvalue weighted by Gasteiger charge is -2.43. The summed E-state index contributed by atoms with van der Waals surface area (Å²) in [5.41, 5.74) is 0.470. The first-order valence-electron chi connectivity index (χ1n) is 7.65. The molecule has 0 spiro atoms. The molecule has 3 atom stereocenters. The number of carbonyl (C=O) groups excluding carboxylic acids is 1. The zero-order chi connectivity index (χ0) is 19.2. The van der Waals surface area contributed by atoms with Gasteiger partial charge in [-0.05, 0) is 13.8 Å². The second kappa shape index (κ2) is 7.22. The van der Waals surface area contributed by atoms with Crippen LogP contribution in [0.2, 0.25) is 0 Å². The predicted octanol–water partition coefficient (Wildman–Crippen LogP) is 1.38. The van der Waals surface area contributed by atoms with Crippen LogP contribution in [-0.4, -0.2) is 60.3 Å². The van der Waals surface area contributed by atoms with Crippen LogP contribution in [0.4, 0.5) is 0 Å². The number of aryl methyl sites for hydroxylation is 1. The largest absolute Gasteiger partial charge is 0.481 e. The third-order valence-corrected chi connectivity index (χ3v) is 7.83. The Morgan fingerprint density at radius 2 is 2.08 bits per heavy atom. The van der Waals surface area contributed by atoms with Gasteiger partial charge in [-0.2, -0.15) is 0 Å². The first-order chi connectivity index (χ1) is 12.2. The molecule has 3 heterocycles. The normalized spacial score (nSPS) is 23.0. The van der Waals surface area contributed by atoms with Crippen LogP contribution in [0.25, 0.3) is 0 Å². The number of carbonyl (C=O) groups is 3. The Labute approximate surface area is 161 Å². The van der Waals surface area contributed by atoms with E-state index in [1.54, 1.807) is 6.92 Å². The smallest absolute Gasteiger partial charge is 0.353 e. The van der Waals surface area contributed by atoms with E-state index in [4.69, 9.17) is 5.11 Å². The Morgan fingerprint density at radius 1 is 1.38 bits per heavy atom. The number of aromatic nitrogens is 1. The maximum atomic E-state index is 12.2. The molecule has 3 rings (SSSR count). The molecule has 0 radical (unpaired) electrons. The van der Waals surface area contributed by atoms with E-state index in [1.807, 2.05) is 0 Å². The predicted molar refractivity (Wildman–Crippen MR) is 97.0 cm³/mol. The lowest BCUT2D eigenvalue weighted by atomic mass is 9.92. The van der Waals surface area contributed by atoms with Crippen molar-refractivity contribution < 1.29 is 29.7 Å². The zero-order valence-corrected chi connectivity index (χ0v) is 16.3. The number of amides is 1. The molecule has 1 aromatic heterocycles. The van der Waals surface area contributed by atoms with E-state index < -0.39 is 24.0 Å². The van der Waals surface area contributed by atoms with Crippen LogP contribution < -0.4 is 0 Å². The van der Waals surface area contributed by atoms with Crippen LogP contribution in [0.15, 0.2) is 14.9 Å². The van der Waals surface area contributed by atoms with Crippen molar-refractivity contribution in [3.63, 3.8) is 0 Å². The van der Waals surface area contributed by atoms with E-state index in [9.17, 15) is 24.6 Å². The van der Waals surface area contributed by atoms with E-state index in [2.05, 4.69) is 4.98 Å². The molecule has 8 nitrogen and oxygen atoms in total. The summed E-state index contributed by atoms with van der Waals surface area (Å²) in [6.45, 7) is 3.32. The highest BCUT2D eigenvalue weighted by molar-refractivity contribution is 8.07. The number of hydrogen-bond acceptors (Lipinski definition) is 8. The first kappa shape index (κ1) is 19.2. The van der Waals surface area contributed by atoms with E-state index in [0.717, 1.165) is 4.88 Å². The number of nitrogens with zero attached hydrogens (tertiary/aromatic N) is 2. The van der Waals surface area contributed by atoms with Crippen LogP contribution in [0.1, 0.15) is 17.5 Å². The topological polar surface area (TPSA) is 128 Å². The number of aliphatic hydroxyl groups excluding tert-OH is 1. The minimum absolute atomic E-state index is 0.0339. The molecular weight excluding hydrogens is 400 g/mol. The van der Waals surface area contributed by atoms with Crippen molar-refractivity contribution in [3.8, 4) is 0 Å². The van der Waals surface area contributed by atoms with Gasteiger partial charge in [0.1, 0.15) is 11.1 Å². The molecule has 0 aromatic carbocycles. The number of aliphatic hydroxyl groups is 1. The minimum Gasteiger partial charge on any atom is -0.481 e. The quantitative estimate of drug-likeness (QED) is 0.446. The maximum absolute atomic E-state index is 12.2. The molecule has 0 bridgehead atoms. The van der Waals surface area contributed by atoms with E-state index >= 15 is 0 Å². The van der Waals surface area contributed by atoms with Crippen LogP contribution in [0, 0.1) is 12.8 Å². The fraction of sp³-hybridized carbons (Fsp3) is 0.467. The average Bonchev–Trinajstić information content (AvgIpc) is 3.02. The molecule has 2 aliphatic heterocycles. The van der Waals surface area contributed by atoms with Crippen LogP contribution in [0.3, 0.4) is 0 Å². The molecule has 1 saturated heterocycles. The summed E-state index contributed by atoms with van der Waals surface area (Å²) in [6.07, 6.45) is -0.986. The molecule has 1 unspecified atom stereocenters. The van der Waals surface area contributed by atoms with E-state index in [1.165, 1.54) is 46.7 Å². The van der Waals surface area contributed by atoms with Crippen LogP contribution >= 0.6 is 34.9 Å². The molecule has 1 aromatic rings. The average molecular weight is 417 g/mol. The van der Waals surface area contributed by atoms with Crippen molar-refractivity contribution in [3.05, 3.63) is 21.2 Å². The number of carboxylic acid groups (broad SMARTS) is 2. The first-order valence-corrected chi connectivity index (χ1v) is 10.3. The van der Waals surface area contributed by atoms with Crippen molar-refractivity contribution in [2.45, 2.75) is 36.1 Å². The van der Waals surface area contributed by atoms with Gasteiger partial charge in [0.2, 0.25) is 5.91 Å². The number of carboxylic acids is 2. The minimum atomic E-state index is -1.17. The molecule has 1 fully saturated rings. The number of aliphatic carboxylic acids is 2. The van der Waals surface area contributed by atoms with Gasteiger partial charge in [0.05, 0.1) is 24.1 Å². The summed E-state index contributed by atoms with van der Waals surface area (Å²) < 4.78 is 0.657. The van der Waals surface area contributed by atoms with Crippen molar-refractivity contribution in [2.75, 3.05) is 5.75 Å². The van der Waals surface area contributed by atoms with Gasteiger partial charge in [-0.15, -0.1) is 23.1 Å². The number of thiazole rings is 1. The SMILES string of the molecule is Cc1sc(SCC2=C(C(=O)O)N3C(=O)[C@H](C(C)O)[C@H]3S2)nc1CC(=O)O. The molecule has 2 aliphatic rings. The molecular formula is C15H16N2O6S3. The van der Waals surface area contributed by atoms with E-state index in [-0.39, 0.29) is 23.4 Å². The van der Waals surface area contributed by atoms with Crippen LogP contribution in [0.5, 0.6) is 0 Å². The highest BCUT2D eigenvalue weighted by atomic mass is 32.2. The summed E-state index contributed by atoms with van der Waals surface area (Å²) in [4.78, 5) is 41.5. The monoisotopic (exact) mass is 416 g/mol. The number of thioether (sulfide) groups is 2. The summed E-state index contributed by atoms with van der Waals surface area (Å²) in [5.74, 6) is -2.78. The Bertz CT molecular complexity index is 818. The molecule has 3 N–H and O–H groups in total. The number of fused-ring (bicyclic) bond motifs is 1. The second-order valence-electron chi connectivity index (χ2n) is 5.90. The summed E-state index contributed by atoms with van der Waals surface area (Å²) >= 11 is 3.96. The van der Waals surface area contributed by atoms with Gasteiger partial charge in [-0.1, -0.05) is 11.8 Å². The molecule has 11 heteroatoms. The van der Waals surface area contributed by atoms with Gasteiger partial charge in [0.25, 0.3) is 0 Å². The highest BCUT2D eigenvalue weighted by Gasteiger charge is 2.57. The van der Waals surface area contributed by atoms with Crippen molar-refractivity contribution in [1.82, 2.24) is 9.88 Å². The molecule has 1 amide bonds. The van der Waals surface area contributed by atoms with Crippen molar-refractivity contribution in [1.29, 1.82) is 0 Å². The van der Waals surface area contributed by atoms with Crippen molar-refractivity contribution in [2.24, 2.45) is 5.92 Å².